The minimum Gasteiger partial charge on any atom is -0.478 e. The lowest BCUT2D eigenvalue weighted by Crippen LogP contribution is -2.34. The standard InChI is InChI=1S/C16H25NO3/c1-12(2)7-9-17(13-5-3-4-6-13)11-15-14(16(18)19)8-10-20-15/h8,10,12-13H,3-7,9,11H2,1-2H3,(H,18,19). The van der Waals surface area contributed by atoms with E-state index in [4.69, 9.17) is 4.42 Å². The van der Waals surface area contributed by atoms with Gasteiger partial charge in [-0.3, -0.25) is 4.90 Å². The van der Waals surface area contributed by atoms with Crippen LogP contribution in [-0.2, 0) is 6.54 Å². The molecule has 0 aromatic carbocycles. The highest BCUT2D eigenvalue weighted by molar-refractivity contribution is 5.88. The molecule has 0 bridgehead atoms. The van der Waals surface area contributed by atoms with Crippen LogP contribution in [0.2, 0.25) is 0 Å². The van der Waals surface area contributed by atoms with E-state index in [-0.39, 0.29) is 0 Å². The van der Waals surface area contributed by atoms with E-state index in [1.807, 2.05) is 0 Å². The summed E-state index contributed by atoms with van der Waals surface area (Å²) in [6.07, 6.45) is 7.63. The number of hydrogen-bond acceptors (Lipinski definition) is 3. The largest absolute Gasteiger partial charge is 0.478 e. The molecule has 1 aliphatic carbocycles. The third-order valence-electron chi connectivity index (χ3n) is 4.16. The Bertz CT molecular complexity index is 433. The average molecular weight is 279 g/mol. The maximum atomic E-state index is 11.2. The summed E-state index contributed by atoms with van der Waals surface area (Å²) in [4.78, 5) is 13.6. The lowest BCUT2D eigenvalue weighted by atomic mass is 10.1. The van der Waals surface area contributed by atoms with E-state index >= 15 is 0 Å². The highest BCUT2D eigenvalue weighted by atomic mass is 16.4. The molecule has 2 rings (SSSR count). The summed E-state index contributed by atoms with van der Waals surface area (Å²) >= 11 is 0. The maximum Gasteiger partial charge on any atom is 0.339 e. The van der Waals surface area contributed by atoms with Crippen LogP contribution in [0.25, 0.3) is 0 Å². The third-order valence-corrected chi connectivity index (χ3v) is 4.16. The minimum atomic E-state index is -0.899. The van der Waals surface area contributed by atoms with Gasteiger partial charge in [-0.1, -0.05) is 26.7 Å². The molecule has 1 aliphatic rings. The van der Waals surface area contributed by atoms with Crippen LogP contribution in [0.1, 0.15) is 62.1 Å². The first kappa shape index (κ1) is 15.1. The highest BCUT2D eigenvalue weighted by Gasteiger charge is 2.25. The van der Waals surface area contributed by atoms with E-state index in [1.165, 1.54) is 31.9 Å². The Morgan fingerprint density at radius 3 is 2.75 bits per heavy atom. The van der Waals surface area contributed by atoms with Gasteiger partial charge in [-0.25, -0.2) is 4.79 Å². The molecule has 4 nitrogen and oxygen atoms in total. The van der Waals surface area contributed by atoms with Crippen molar-refractivity contribution in [3.05, 3.63) is 23.7 Å². The molecule has 0 aliphatic heterocycles. The number of nitrogens with zero attached hydrogens (tertiary/aromatic N) is 1. The first-order valence-corrected chi connectivity index (χ1v) is 7.61. The normalized spacial score (nSPS) is 16.4. The molecule has 0 unspecified atom stereocenters. The molecule has 1 heterocycles. The number of aromatic carboxylic acids is 1. The fourth-order valence-electron chi connectivity index (χ4n) is 2.92. The van der Waals surface area contributed by atoms with Crippen LogP contribution in [0.5, 0.6) is 0 Å². The van der Waals surface area contributed by atoms with Crippen molar-refractivity contribution in [1.29, 1.82) is 0 Å². The van der Waals surface area contributed by atoms with Crippen LogP contribution in [0.4, 0.5) is 0 Å². The van der Waals surface area contributed by atoms with Gasteiger partial charge in [-0.2, -0.15) is 0 Å². The molecule has 1 saturated carbocycles. The zero-order valence-electron chi connectivity index (χ0n) is 12.5. The van der Waals surface area contributed by atoms with Gasteiger partial charge in [0.1, 0.15) is 11.3 Å². The molecule has 0 saturated heterocycles. The molecule has 1 aromatic heterocycles. The quantitative estimate of drug-likeness (QED) is 0.825. The Morgan fingerprint density at radius 1 is 1.45 bits per heavy atom. The van der Waals surface area contributed by atoms with Crippen molar-refractivity contribution in [2.45, 2.75) is 58.5 Å². The summed E-state index contributed by atoms with van der Waals surface area (Å²) in [5.74, 6) is 0.353. The predicted octanol–water partition coefficient (Wildman–Crippen LogP) is 3.77. The second kappa shape index (κ2) is 6.93. The zero-order chi connectivity index (χ0) is 14.5. The lowest BCUT2D eigenvalue weighted by Gasteiger charge is -2.28. The molecule has 0 radical (unpaired) electrons. The van der Waals surface area contributed by atoms with Crippen LogP contribution in [0.15, 0.2) is 16.7 Å². The molecule has 0 atom stereocenters. The summed E-state index contributed by atoms with van der Waals surface area (Å²) in [6.45, 7) is 6.08. The monoisotopic (exact) mass is 279 g/mol. The fourth-order valence-corrected chi connectivity index (χ4v) is 2.92. The molecular formula is C16H25NO3. The Hall–Kier alpha value is -1.29. The second-order valence-corrected chi connectivity index (χ2v) is 6.15. The smallest absolute Gasteiger partial charge is 0.339 e. The molecule has 20 heavy (non-hydrogen) atoms. The molecule has 1 fully saturated rings. The number of carboxylic acid groups (broad SMARTS) is 1. The predicted molar refractivity (Wildman–Crippen MR) is 77.8 cm³/mol. The van der Waals surface area contributed by atoms with Gasteiger partial charge < -0.3 is 9.52 Å². The van der Waals surface area contributed by atoms with Crippen molar-refractivity contribution in [3.63, 3.8) is 0 Å². The SMILES string of the molecule is CC(C)CCN(Cc1occc1C(=O)O)C1CCCC1. The number of furan rings is 1. The summed E-state index contributed by atoms with van der Waals surface area (Å²) in [6, 6.07) is 2.13. The van der Waals surface area contributed by atoms with Gasteiger partial charge in [0.15, 0.2) is 0 Å². The minimum absolute atomic E-state index is 0.303. The van der Waals surface area contributed by atoms with Crippen LogP contribution in [-0.4, -0.2) is 28.6 Å². The van der Waals surface area contributed by atoms with Gasteiger partial charge in [0.05, 0.1) is 12.8 Å². The highest BCUT2D eigenvalue weighted by Crippen LogP contribution is 2.26. The van der Waals surface area contributed by atoms with Crippen LogP contribution >= 0.6 is 0 Å². The van der Waals surface area contributed by atoms with Crippen molar-refractivity contribution < 1.29 is 14.3 Å². The zero-order valence-corrected chi connectivity index (χ0v) is 12.5. The third kappa shape index (κ3) is 3.85. The molecule has 4 heteroatoms. The molecule has 0 amide bonds. The van der Waals surface area contributed by atoms with Crippen molar-refractivity contribution in [3.8, 4) is 0 Å². The first-order chi connectivity index (χ1) is 9.58. The Morgan fingerprint density at radius 2 is 2.15 bits per heavy atom. The maximum absolute atomic E-state index is 11.2. The molecule has 112 valence electrons. The Balaban J connectivity index is 2.05. The van der Waals surface area contributed by atoms with Crippen LogP contribution in [0, 0.1) is 5.92 Å². The number of carbonyl (C=O) groups is 1. The van der Waals surface area contributed by atoms with Gasteiger partial charge in [-0.05, 0) is 37.8 Å². The molecule has 1 N–H and O–H groups in total. The van der Waals surface area contributed by atoms with Gasteiger partial charge in [-0.15, -0.1) is 0 Å². The van der Waals surface area contributed by atoms with Crippen molar-refractivity contribution in [2.75, 3.05) is 6.54 Å². The average Bonchev–Trinajstić information content (AvgIpc) is 3.04. The number of hydrogen-bond donors (Lipinski definition) is 1. The Labute approximate surface area is 120 Å². The first-order valence-electron chi connectivity index (χ1n) is 7.61. The van der Waals surface area contributed by atoms with E-state index in [0.717, 1.165) is 13.0 Å². The lowest BCUT2D eigenvalue weighted by molar-refractivity contribution is 0.0690. The van der Waals surface area contributed by atoms with E-state index in [0.29, 0.717) is 29.8 Å². The summed E-state index contributed by atoms with van der Waals surface area (Å²) < 4.78 is 5.40. The van der Waals surface area contributed by atoms with E-state index < -0.39 is 5.97 Å². The Kier molecular flexibility index (Phi) is 5.24. The van der Waals surface area contributed by atoms with Crippen molar-refractivity contribution in [2.24, 2.45) is 5.92 Å². The van der Waals surface area contributed by atoms with Crippen molar-refractivity contribution >= 4 is 5.97 Å². The summed E-state index contributed by atoms with van der Waals surface area (Å²) in [5.41, 5.74) is 0.303. The van der Waals surface area contributed by atoms with Crippen LogP contribution in [0.3, 0.4) is 0 Å². The molecule has 0 spiro atoms. The second-order valence-electron chi connectivity index (χ2n) is 6.15. The van der Waals surface area contributed by atoms with Gasteiger partial charge >= 0.3 is 5.97 Å². The van der Waals surface area contributed by atoms with Gasteiger partial charge in [0.2, 0.25) is 0 Å². The van der Waals surface area contributed by atoms with Crippen LogP contribution < -0.4 is 0 Å². The van der Waals surface area contributed by atoms with E-state index in [1.54, 1.807) is 6.07 Å². The van der Waals surface area contributed by atoms with E-state index in [2.05, 4.69) is 18.7 Å². The summed E-state index contributed by atoms with van der Waals surface area (Å²) in [5, 5.41) is 9.17. The summed E-state index contributed by atoms with van der Waals surface area (Å²) in [7, 11) is 0. The molecule has 1 aromatic rings. The number of rotatable bonds is 7. The van der Waals surface area contributed by atoms with Crippen molar-refractivity contribution in [1.82, 2.24) is 4.90 Å². The van der Waals surface area contributed by atoms with Gasteiger partial charge in [0, 0.05) is 6.04 Å². The number of carboxylic acids is 1. The van der Waals surface area contributed by atoms with E-state index in [9.17, 15) is 9.90 Å². The fraction of sp³-hybridized carbons (Fsp3) is 0.688. The molecular weight excluding hydrogens is 254 g/mol. The topological polar surface area (TPSA) is 53.7 Å². The van der Waals surface area contributed by atoms with Gasteiger partial charge in [0.25, 0.3) is 0 Å².